The normalized spacial score (nSPS) is 20.8. The van der Waals surface area contributed by atoms with Gasteiger partial charge >= 0.3 is 0 Å². The van der Waals surface area contributed by atoms with Crippen LogP contribution in [0.25, 0.3) is 0 Å². The van der Waals surface area contributed by atoms with Crippen LogP contribution in [-0.2, 0) is 11.3 Å². The molecule has 6 heteroatoms. The zero-order valence-electron chi connectivity index (χ0n) is 13.9. The molecule has 0 atom stereocenters. The van der Waals surface area contributed by atoms with Crippen LogP contribution in [0.4, 0.5) is 5.69 Å². The van der Waals surface area contributed by atoms with Crippen molar-refractivity contribution in [3.63, 3.8) is 0 Å². The van der Waals surface area contributed by atoms with Crippen LogP contribution in [0.15, 0.2) is 40.2 Å². The topological polar surface area (TPSA) is 38.0 Å². The molecular weight excluding hydrogens is 386 g/mol. The zero-order valence-corrected chi connectivity index (χ0v) is 16.3. The average molecular weight is 410 g/mol. The van der Waals surface area contributed by atoms with E-state index in [0.717, 1.165) is 48.4 Å². The van der Waals surface area contributed by atoms with E-state index in [0.29, 0.717) is 6.54 Å². The Kier molecular flexibility index (Phi) is 6.05. The molecule has 0 aliphatic carbocycles. The number of carbonyl (C=O) groups is 1. The molecule has 1 aliphatic heterocycles. The highest BCUT2D eigenvalue weighted by Crippen LogP contribution is 2.19. The standard InChI is InChI=1S/C18H22BrN3OS/c1-14-11-15(19)4-5-17(14)20-18(23)13-22-8-6-21(7-9-22)12-16-3-2-10-24-16/h2-5,10-11H,6-9,12-13H2,1H3,(H,20,23)/p+2. The van der Waals surface area contributed by atoms with Gasteiger partial charge in [0, 0.05) is 10.2 Å². The Bertz CT molecular complexity index is 682. The Morgan fingerprint density at radius 2 is 1.96 bits per heavy atom. The number of nitrogens with one attached hydrogen (secondary N) is 3. The number of benzene rings is 1. The van der Waals surface area contributed by atoms with E-state index in [9.17, 15) is 4.79 Å². The number of aryl methyl sites for hydroxylation is 1. The monoisotopic (exact) mass is 409 g/mol. The maximum absolute atomic E-state index is 12.3. The zero-order chi connectivity index (χ0) is 16.9. The minimum absolute atomic E-state index is 0.108. The summed E-state index contributed by atoms with van der Waals surface area (Å²) in [6.45, 7) is 8.09. The van der Waals surface area contributed by atoms with Gasteiger partial charge < -0.3 is 15.1 Å². The summed E-state index contributed by atoms with van der Waals surface area (Å²) in [5.41, 5.74) is 1.99. The summed E-state index contributed by atoms with van der Waals surface area (Å²) in [6.07, 6.45) is 0. The first-order valence-corrected chi connectivity index (χ1v) is 10.0. The minimum atomic E-state index is 0.108. The molecule has 1 aromatic carbocycles. The van der Waals surface area contributed by atoms with Gasteiger partial charge in [-0.25, -0.2) is 0 Å². The van der Waals surface area contributed by atoms with Crippen LogP contribution >= 0.6 is 27.3 Å². The fourth-order valence-corrected chi connectivity index (χ4v) is 4.41. The molecule has 0 saturated carbocycles. The predicted octanol–water partition coefficient (Wildman–Crippen LogP) is 0.741. The number of amides is 1. The molecule has 0 radical (unpaired) electrons. The number of thiophene rings is 1. The molecule has 1 aromatic heterocycles. The molecule has 2 heterocycles. The van der Waals surface area contributed by atoms with E-state index in [1.807, 2.05) is 36.5 Å². The van der Waals surface area contributed by atoms with Gasteiger partial charge in [0.05, 0.1) is 4.88 Å². The van der Waals surface area contributed by atoms with Gasteiger partial charge in [-0.15, -0.1) is 11.3 Å². The molecule has 1 saturated heterocycles. The second-order valence-electron chi connectivity index (χ2n) is 6.44. The summed E-state index contributed by atoms with van der Waals surface area (Å²) in [4.78, 5) is 16.8. The van der Waals surface area contributed by atoms with Crippen molar-refractivity contribution >= 4 is 38.9 Å². The quantitative estimate of drug-likeness (QED) is 0.669. The van der Waals surface area contributed by atoms with Crippen LogP contribution in [0.1, 0.15) is 10.4 Å². The van der Waals surface area contributed by atoms with Crippen molar-refractivity contribution in [3.05, 3.63) is 50.6 Å². The van der Waals surface area contributed by atoms with Gasteiger partial charge in [0.15, 0.2) is 6.54 Å². The fraction of sp³-hybridized carbons (Fsp3) is 0.389. The van der Waals surface area contributed by atoms with Crippen LogP contribution < -0.4 is 15.1 Å². The SMILES string of the molecule is Cc1cc(Br)ccc1NC(=O)C[NH+]1CC[NH+](Cc2cccs2)CC1. The van der Waals surface area contributed by atoms with E-state index >= 15 is 0 Å². The Labute approximate surface area is 155 Å². The molecule has 3 N–H and O–H groups in total. The van der Waals surface area contributed by atoms with Crippen molar-refractivity contribution in [2.45, 2.75) is 13.5 Å². The van der Waals surface area contributed by atoms with E-state index in [1.165, 1.54) is 9.78 Å². The molecule has 1 amide bonds. The molecule has 0 spiro atoms. The lowest BCUT2D eigenvalue weighted by Gasteiger charge is -2.29. The van der Waals surface area contributed by atoms with Crippen molar-refractivity contribution < 1.29 is 14.6 Å². The number of carbonyl (C=O) groups excluding carboxylic acids is 1. The molecule has 2 aromatic rings. The number of rotatable bonds is 5. The van der Waals surface area contributed by atoms with Gasteiger partial charge in [-0.05, 0) is 42.1 Å². The first-order valence-electron chi connectivity index (χ1n) is 8.35. The fourth-order valence-electron chi connectivity index (χ4n) is 3.16. The van der Waals surface area contributed by atoms with Gasteiger partial charge in [-0.2, -0.15) is 0 Å². The van der Waals surface area contributed by atoms with Crippen LogP contribution in [-0.4, -0.2) is 38.6 Å². The molecular formula is C18H24BrN3OS+2. The molecule has 0 bridgehead atoms. The lowest BCUT2D eigenvalue weighted by Crippen LogP contribution is -3.28. The third kappa shape index (κ3) is 4.89. The first-order chi connectivity index (χ1) is 11.6. The van der Waals surface area contributed by atoms with Gasteiger partial charge in [-0.3, -0.25) is 4.79 Å². The van der Waals surface area contributed by atoms with Crippen molar-refractivity contribution in [2.75, 3.05) is 38.0 Å². The molecule has 1 fully saturated rings. The second kappa shape index (κ2) is 8.25. The van der Waals surface area contributed by atoms with Gasteiger partial charge in [0.1, 0.15) is 32.7 Å². The lowest BCUT2D eigenvalue weighted by molar-refractivity contribution is -1.01. The third-order valence-corrected chi connectivity index (χ3v) is 5.91. The summed E-state index contributed by atoms with van der Waals surface area (Å²) >= 11 is 5.29. The molecule has 128 valence electrons. The average Bonchev–Trinajstić information content (AvgIpc) is 3.05. The molecule has 24 heavy (non-hydrogen) atoms. The van der Waals surface area contributed by atoms with Crippen molar-refractivity contribution in [3.8, 4) is 0 Å². The van der Waals surface area contributed by atoms with E-state index in [1.54, 1.807) is 4.90 Å². The molecule has 3 rings (SSSR count). The number of quaternary nitrogens is 2. The van der Waals surface area contributed by atoms with Crippen LogP contribution in [0.3, 0.4) is 0 Å². The van der Waals surface area contributed by atoms with Gasteiger partial charge in [0.2, 0.25) is 0 Å². The summed E-state index contributed by atoms with van der Waals surface area (Å²) in [5, 5.41) is 5.19. The first kappa shape index (κ1) is 17.6. The minimum Gasteiger partial charge on any atom is -0.321 e. The van der Waals surface area contributed by atoms with E-state index in [2.05, 4.69) is 38.8 Å². The van der Waals surface area contributed by atoms with Crippen molar-refractivity contribution in [1.82, 2.24) is 0 Å². The second-order valence-corrected chi connectivity index (χ2v) is 8.39. The molecule has 0 unspecified atom stereocenters. The van der Waals surface area contributed by atoms with Gasteiger partial charge in [-0.1, -0.05) is 22.0 Å². The van der Waals surface area contributed by atoms with Crippen molar-refractivity contribution in [1.29, 1.82) is 0 Å². The number of hydrogen-bond donors (Lipinski definition) is 3. The Hall–Kier alpha value is -1.21. The summed E-state index contributed by atoms with van der Waals surface area (Å²) in [5.74, 6) is 0.108. The number of halogens is 1. The Morgan fingerprint density at radius 3 is 2.62 bits per heavy atom. The highest BCUT2D eigenvalue weighted by Gasteiger charge is 2.25. The highest BCUT2D eigenvalue weighted by atomic mass is 79.9. The molecule has 4 nitrogen and oxygen atoms in total. The summed E-state index contributed by atoms with van der Waals surface area (Å²) in [6, 6.07) is 10.3. The van der Waals surface area contributed by atoms with Crippen LogP contribution in [0.2, 0.25) is 0 Å². The maximum atomic E-state index is 12.3. The number of anilines is 1. The van der Waals surface area contributed by atoms with Gasteiger partial charge in [0.25, 0.3) is 5.91 Å². The number of piperazine rings is 1. The maximum Gasteiger partial charge on any atom is 0.279 e. The Morgan fingerprint density at radius 1 is 1.21 bits per heavy atom. The Balaban J connectivity index is 1.44. The van der Waals surface area contributed by atoms with E-state index < -0.39 is 0 Å². The summed E-state index contributed by atoms with van der Waals surface area (Å²) < 4.78 is 1.04. The summed E-state index contributed by atoms with van der Waals surface area (Å²) in [7, 11) is 0. The third-order valence-electron chi connectivity index (χ3n) is 4.54. The van der Waals surface area contributed by atoms with E-state index in [-0.39, 0.29) is 5.91 Å². The largest absolute Gasteiger partial charge is 0.321 e. The number of hydrogen-bond acceptors (Lipinski definition) is 2. The molecule has 1 aliphatic rings. The predicted molar refractivity (Wildman–Crippen MR) is 102 cm³/mol. The lowest BCUT2D eigenvalue weighted by atomic mass is 10.2. The van der Waals surface area contributed by atoms with Crippen LogP contribution in [0.5, 0.6) is 0 Å². The van der Waals surface area contributed by atoms with Crippen molar-refractivity contribution in [2.24, 2.45) is 0 Å². The van der Waals surface area contributed by atoms with Crippen LogP contribution in [0, 0.1) is 6.92 Å². The van der Waals surface area contributed by atoms with E-state index in [4.69, 9.17) is 0 Å². The smallest absolute Gasteiger partial charge is 0.279 e. The highest BCUT2D eigenvalue weighted by molar-refractivity contribution is 9.10.